The van der Waals surface area contributed by atoms with Crippen LogP contribution in [0.2, 0.25) is 0 Å². The second-order valence-corrected chi connectivity index (χ2v) is 8.98. The summed E-state index contributed by atoms with van der Waals surface area (Å²) in [4.78, 5) is 17.1. The number of thiazole rings is 1. The normalized spacial score (nSPS) is 10.8. The first-order valence-corrected chi connectivity index (χ1v) is 11.9. The van der Waals surface area contributed by atoms with Crippen molar-refractivity contribution in [2.45, 2.75) is 13.8 Å². The van der Waals surface area contributed by atoms with Crippen LogP contribution in [0.4, 0.5) is 16.5 Å². The molecule has 0 saturated carbocycles. The zero-order chi connectivity index (χ0) is 22.7. The minimum Gasteiger partial charge on any atom is -0.298 e. The lowest BCUT2D eigenvalue weighted by molar-refractivity contribution is 0.102. The molecule has 0 bridgehead atoms. The van der Waals surface area contributed by atoms with E-state index in [2.05, 4.69) is 10.3 Å². The van der Waals surface area contributed by atoms with E-state index in [0.29, 0.717) is 22.1 Å². The van der Waals surface area contributed by atoms with Crippen LogP contribution in [-0.4, -0.2) is 19.3 Å². The molecule has 8 heteroatoms. The molecule has 4 rings (SSSR count). The highest BCUT2D eigenvalue weighted by atomic mass is 32.2. The van der Waals surface area contributed by atoms with Gasteiger partial charge in [0.1, 0.15) is 0 Å². The van der Waals surface area contributed by atoms with Gasteiger partial charge >= 0.3 is 0 Å². The minimum atomic E-state index is -2.90. The van der Waals surface area contributed by atoms with Crippen molar-refractivity contribution in [1.29, 1.82) is 0 Å². The average Bonchev–Trinajstić information content (AvgIpc) is 3.25. The van der Waals surface area contributed by atoms with E-state index in [0.717, 1.165) is 22.4 Å². The van der Waals surface area contributed by atoms with Crippen molar-refractivity contribution in [2.75, 3.05) is 9.62 Å². The number of thiol groups is 1. The molecule has 1 aromatic heterocycles. The Kier molecular flexibility index (Phi) is 6.34. The molecule has 162 valence electrons. The molecule has 32 heavy (non-hydrogen) atoms. The fourth-order valence-corrected chi connectivity index (χ4v) is 4.69. The van der Waals surface area contributed by atoms with Gasteiger partial charge in [0.05, 0.1) is 17.1 Å². The third-order valence-corrected chi connectivity index (χ3v) is 6.46. The van der Waals surface area contributed by atoms with Crippen LogP contribution in [0, 0.1) is 13.8 Å². The molecule has 0 aliphatic rings. The second kappa shape index (κ2) is 9.33. The molecule has 0 aliphatic heterocycles. The molecule has 0 spiro atoms. The van der Waals surface area contributed by atoms with E-state index in [4.69, 9.17) is 0 Å². The van der Waals surface area contributed by atoms with E-state index < -0.39 is 10.9 Å². The lowest BCUT2D eigenvalue weighted by Gasteiger charge is -2.20. The Morgan fingerprint density at radius 1 is 0.969 bits per heavy atom. The van der Waals surface area contributed by atoms with Gasteiger partial charge in [0.2, 0.25) is 10.9 Å². The molecule has 1 amide bonds. The maximum atomic E-state index is 12.7. The van der Waals surface area contributed by atoms with Crippen molar-refractivity contribution in [3.05, 3.63) is 94.9 Å². The molecule has 0 aliphatic carbocycles. The molecular formula is C24H21N3O3S2. The van der Waals surface area contributed by atoms with Crippen LogP contribution < -0.4 is 9.62 Å². The van der Waals surface area contributed by atoms with E-state index in [1.54, 1.807) is 24.3 Å². The standard InChI is InChI=1S/C24H21N3O3S2/c1-16-8-9-17(2)22(14-16)27(32(29)30)20-12-10-19(11-13-20)23(28)26-24-25-21(15-31-24)18-6-4-3-5-7-18/h3-15,32H,1-2H3,(H,25,26,28). The van der Waals surface area contributed by atoms with Gasteiger partial charge in [0.25, 0.3) is 5.91 Å². The third-order valence-electron chi connectivity index (χ3n) is 4.92. The van der Waals surface area contributed by atoms with E-state index >= 15 is 0 Å². The molecule has 0 radical (unpaired) electrons. The highest BCUT2D eigenvalue weighted by Gasteiger charge is 2.16. The van der Waals surface area contributed by atoms with Crippen molar-refractivity contribution < 1.29 is 13.2 Å². The Hall–Kier alpha value is -3.49. The van der Waals surface area contributed by atoms with Crippen LogP contribution >= 0.6 is 11.3 Å². The molecule has 1 N–H and O–H groups in total. The lowest BCUT2D eigenvalue weighted by atomic mass is 10.1. The van der Waals surface area contributed by atoms with Crippen LogP contribution in [0.3, 0.4) is 0 Å². The number of nitrogens with zero attached hydrogens (tertiary/aromatic N) is 2. The molecule has 3 aromatic carbocycles. The number of anilines is 3. The first-order valence-electron chi connectivity index (χ1n) is 9.86. The predicted molar refractivity (Wildman–Crippen MR) is 130 cm³/mol. The number of benzene rings is 3. The largest absolute Gasteiger partial charge is 0.298 e. The maximum absolute atomic E-state index is 12.7. The molecule has 6 nitrogen and oxygen atoms in total. The van der Waals surface area contributed by atoms with Gasteiger partial charge in [0, 0.05) is 16.5 Å². The monoisotopic (exact) mass is 463 g/mol. The zero-order valence-electron chi connectivity index (χ0n) is 17.5. The first kappa shape index (κ1) is 21.7. The molecule has 4 aromatic rings. The van der Waals surface area contributed by atoms with Crippen molar-refractivity contribution >= 4 is 44.6 Å². The molecule has 0 atom stereocenters. The van der Waals surface area contributed by atoms with Crippen LogP contribution in [0.1, 0.15) is 21.5 Å². The summed E-state index contributed by atoms with van der Waals surface area (Å²) in [5.41, 5.74) is 5.04. The van der Waals surface area contributed by atoms with Crippen LogP contribution in [0.5, 0.6) is 0 Å². The fraction of sp³-hybridized carbons (Fsp3) is 0.0833. The highest BCUT2D eigenvalue weighted by molar-refractivity contribution is 7.74. The Morgan fingerprint density at radius 2 is 1.69 bits per heavy atom. The summed E-state index contributed by atoms with van der Waals surface area (Å²) >= 11 is 1.35. The van der Waals surface area contributed by atoms with Gasteiger partial charge in [-0.15, -0.1) is 11.3 Å². The SMILES string of the molecule is Cc1ccc(C)c(N(c2ccc(C(=O)Nc3nc(-c4ccccc4)cs3)cc2)[SH](=O)=O)c1. The van der Waals surface area contributed by atoms with Gasteiger partial charge < -0.3 is 0 Å². The third kappa shape index (κ3) is 4.71. The van der Waals surface area contributed by atoms with Crippen molar-refractivity contribution in [3.8, 4) is 11.3 Å². The first-order chi connectivity index (χ1) is 15.4. The van der Waals surface area contributed by atoms with Gasteiger partial charge in [-0.2, -0.15) is 0 Å². The summed E-state index contributed by atoms with van der Waals surface area (Å²) in [5.74, 6) is -0.310. The molecule has 0 fully saturated rings. The molecular weight excluding hydrogens is 442 g/mol. The molecule has 1 heterocycles. The topological polar surface area (TPSA) is 79.4 Å². The van der Waals surface area contributed by atoms with E-state index in [-0.39, 0.29) is 5.91 Å². The van der Waals surface area contributed by atoms with Gasteiger partial charge in [-0.3, -0.25) is 10.1 Å². The number of carbonyl (C=O) groups excluding carboxylic acids is 1. The summed E-state index contributed by atoms with van der Waals surface area (Å²) in [6.07, 6.45) is 0. The fourth-order valence-electron chi connectivity index (χ4n) is 3.26. The van der Waals surface area contributed by atoms with Gasteiger partial charge in [-0.05, 0) is 55.3 Å². The number of aromatic nitrogens is 1. The van der Waals surface area contributed by atoms with Gasteiger partial charge in [-0.25, -0.2) is 17.7 Å². The quantitative estimate of drug-likeness (QED) is 0.378. The number of hydrogen-bond acceptors (Lipinski definition) is 5. The zero-order valence-corrected chi connectivity index (χ0v) is 19.2. The number of hydrogen-bond donors (Lipinski definition) is 2. The van der Waals surface area contributed by atoms with Crippen molar-refractivity contribution in [3.63, 3.8) is 0 Å². The van der Waals surface area contributed by atoms with Crippen molar-refractivity contribution in [2.24, 2.45) is 0 Å². The summed E-state index contributed by atoms with van der Waals surface area (Å²) in [6.45, 7) is 3.77. The van der Waals surface area contributed by atoms with Crippen molar-refractivity contribution in [1.82, 2.24) is 4.98 Å². The number of carbonyl (C=O) groups is 1. The Bertz CT molecular complexity index is 1320. The van der Waals surface area contributed by atoms with Crippen LogP contribution in [0.15, 0.2) is 78.2 Å². The minimum absolute atomic E-state index is 0.310. The Morgan fingerprint density at radius 3 is 2.38 bits per heavy atom. The lowest BCUT2D eigenvalue weighted by Crippen LogP contribution is -2.16. The Labute approximate surface area is 192 Å². The smallest absolute Gasteiger partial charge is 0.257 e. The highest BCUT2D eigenvalue weighted by Crippen LogP contribution is 2.30. The predicted octanol–water partition coefficient (Wildman–Crippen LogP) is 5.34. The average molecular weight is 464 g/mol. The summed E-state index contributed by atoms with van der Waals surface area (Å²) in [6, 6.07) is 21.8. The van der Waals surface area contributed by atoms with E-state index in [9.17, 15) is 13.2 Å². The number of aryl methyl sites for hydroxylation is 2. The maximum Gasteiger partial charge on any atom is 0.257 e. The second-order valence-electron chi connectivity index (χ2n) is 7.24. The molecule has 0 unspecified atom stereocenters. The van der Waals surface area contributed by atoms with Gasteiger partial charge in [-0.1, -0.05) is 42.5 Å². The number of nitrogens with one attached hydrogen (secondary N) is 1. The number of amides is 1. The van der Waals surface area contributed by atoms with Gasteiger partial charge in [0.15, 0.2) is 5.13 Å². The van der Waals surface area contributed by atoms with Crippen LogP contribution in [0.25, 0.3) is 11.3 Å². The summed E-state index contributed by atoms with van der Waals surface area (Å²) in [5, 5.41) is 5.19. The van der Waals surface area contributed by atoms with Crippen LogP contribution in [-0.2, 0) is 10.9 Å². The van der Waals surface area contributed by atoms with E-state index in [1.165, 1.54) is 15.6 Å². The summed E-state index contributed by atoms with van der Waals surface area (Å²) in [7, 11) is -2.90. The molecule has 0 saturated heterocycles. The Balaban J connectivity index is 1.53. The number of rotatable bonds is 6. The van der Waals surface area contributed by atoms with E-state index in [1.807, 2.05) is 67.8 Å². The summed E-state index contributed by atoms with van der Waals surface area (Å²) < 4.78 is 25.3.